The average molecular weight is 673 g/mol. The van der Waals surface area contributed by atoms with Crippen molar-refractivity contribution in [2.45, 2.75) is 35.4 Å². The second kappa shape index (κ2) is 11.7. The van der Waals surface area contributed by atoms with E-state index in [4.69, 9.17) is 25.8 Å². The number of hydrogen-bond acceptors (Lipinski definition) is 9. The molecule has 3 aromatic rings. The first-order valence-corrected chi connectivity index (χ1v) is 15.0. The number of esters is 1. The van der Waals surface area contributed by atoms with E-state index < -0.39 is 69.6 Å². The Morgan fingerprint density at radius 3 is 2.33 bits per heavy atom. The highest BCUT2D eigenvalue weighted by Crippen LogP contribution is 2.55. The fourth-order valence-corrected chi connectivity index (χ4v) is 7.60. The summed E-state index contributed by atoms with van der Waals surface area (Å²) >= 11 is 6.38. The maximum Gasteiger partial charge on any atom is 0.573 e. The van der Waals surface area contributed by atoms with Crippen LogP contribution in [0, 0.1) is 0 Å². The van der Waals surface area contributed by atoms with Crippen LogP contribution in [0.15, 0.2) is 65.6 Å². The van der Waals surface area contributed by atoms with Crippen molar-refractivity contribution >= 4 is 39.2 Å². The van der Waals surface area contributed by atoms with Gasteiger partial charge in [-0.1, -0.05) is 29.8 Å². The summed E-state index contributed by atoms with van der Waals surface area (Å²) in [6.07, 6.45) is -7.38. The normalized spacial score (nSPS) is 21.9. The van der Waals surface area contributed by atoms with Gasteiger partial charge in [0.05, 0.1) is 27.0 Å². The van der Waals surface area contributed by atoms with Gasteiger partial charge in [0.15, 0.2) is 11.3 Å². The lowest BCUT2D eigenvalue weighted by Gasteiger charge is -2.41. The number of carbonyl (C=O) groups excluding carboxylic acids is 2. The molecule has 1 unspecified atom stereocenters. The van der Waals surface area contributed by atoms with Crippen LogP contribution in [-0.2, 0) is 29.9 Å². The molecular weight excluding hydrogens is 648 g/mol. The number of nitrogens with zero attached hydrogens (tertiary/aromatic N) is 2. The van der Waals surface area contributed by atoms with E-state index >= 15 is 4.39 Å². The van der Waals surface area contributed by atoms with E-state index in [1.54, 1.807) is 6.07 Å². The molecule has 3 atom stereocenters. The second-order valence-corrected chi connectivity index (χ2v) is 12.2. The third kappa shape index (κ3) is 5.32. The number of benzene rings is 3. The Morgan fingerprint density at radius 1 is 0.978 bits per heavy atom. The molecule has 240 valence electrons. The second-order valence-electron chi connectivity index (χ2n) is 10.0. The van der Waals surface area contributed by atoms with Crippen molar-refractivity contribution in [1.82, 2.24) is 4.90 Å². The van der Waals surface area contributed by atoms with E-state index in [0.717, 1.165) is 26.4 Å². The van der Waals surface area contributed by atoms with E-state index in [1.165, 1.54) is 48.4 Å². The lowest BCUT2D eigenvalue weighted by molar-refractivity contribution is -0.275. The maximum absolute atomic E-state index is 15.2. The van der Waals surface area contributed by atoms with Crippen molar-refractivity contribution in [3.63, 3.8) is 0 Å². The zero-order chi connectivity index (χ0) is 32.9. The zero-order valence-corrected chi connectivity index (χ0v) is 25.4. The molecule has 2 aliphatic rings. The first-order valence-electron chi connectivity index (χ1n) is 13.2. The predicted octanol–water partition coefficient (Wildman–Crippen LogP) is 4.82. The third-order valence-electron chi connectivity index (χ3n) is 7.61. The summed E-state index contributed by atoms with van der Waals surface area (Å²) in [6, 6.07) is 10.9. The molecule has 3 aromatic carbocycles. The van der Waals surface area contributed by atoms with Crippen molar-refractivity contribution in [3.05, 3.63) is 76.8 Å². The summed E-state index contributed by atoms with van der Waals surface area (Å²) in [5, 5.41) is 0.0382. The quantitative estimate of drug-likeness (QED) is 0.246. The van der Waals surface area contributed by atoms with E-state index in [-0.39, 0.29) is 33.3 Å². The summed E-state index contributed by atoms with van der Waals surface area (Å²) in [7, 11) is -1.73. The van der Waals surface area contributed by atoms with Gasteiger partial charge in [-0.25, -0.2) is 17.1 Å². The number of fused-ring (bicyclic) bond motifs is 1. The van der Waals surface area contributed by atoms with Crippen LogP contribution >= 0.6 is 11.6 Å². The van der Waals surface area contributed by atoms with Crippen LogP contribution in [0.2, 0.25) is 5.02 Å². The molecule has 1 fully saturated rings. The average Bonchev–Trinajstić information content (AvgIpc) is 3.50. The summed E-state index contributed by atoms with van der Waals surface area (Å²) in [5.41, 5.74) is -2.68. The van der Waals surface area contributed by atoms with Crippen LogP contribution in [0.1, 0.15) is 17.5 Å². The highest BCUT2D eigenvalue weighted by atomic mass is 35.5. The smallest absolute Gasteiger partial charge is 0.497 e. The number of sulfonamides is 1. The number of ether oxygens (including phenoxy) is 4. The van der Waals surface area contributed by atoms with Gasteiger partial charge in [0, 0.05) is 35.2 Å². The minimum atomic E-state index is -5.32. The van der Waals surface area contributed by atoms with E-state index in [9.17, 15) is 31.2 Å². The number of likely N-dealkylation sites (tertiary alicyclic amines) is 1. The third-order valence-corrected chi connectivity index (χ3v) is 9.58. The molecule has 0 spiro atoms. The largest absolute Gasteiger partial charge is 0.573 e. The molecular formula is C29H25ClF4N2O8S. The molecule has 0 N–H and O–H groups in total. The molecule has 1 saturated heterocycles. The van der Waals surface area contributed by atoms with Crippen LogP contribution in [0.5, 0.6) is 17.2 Å². The molecule has 0 saturated carbocycles. The number of rotatable bonds is 8. The summed E-state index contributed by atoms with van der Waals surface area (Å²) in [5.74, 6) is -3.44. The van der Waals surface area contributed by atoms with E-state index in [0.29, 0.717) is 10.4 Å². The Balaban J connectivity index is 1.85. The fraction of sp³-hybridized carbons (Fsp3) is 0.310. The molecule has 0 bridgehead atoms. The first kappa shape index (κ1) is 32.3. The van der Waals surface area contributed by atoms with Crippen LogP contribution in [0.4, 0.5) is 23.2 Å². The Kier molecular flexibility index (Phi) is 8.40. The van der Waals surface area contributed by atoms with Gasteiger partial charge in [0.1, 0.15) is 28.6 Å². The highest BCUT2D eigenvalue weighted by molar-refractivity contribution is 7.93. The number of methoxy groups -OCH3 is 3. The SMILES string of the molecule is COC(=O)[C@H]1C[C@@H](F)CN1C1(c2ccccc2OC)C(=O)N(S(=O)(=O)c2ccc(OC)cc2OC(F)(F)F)c2ccc(Cl)cc21. The van der Waals surface area contributed by atoms with Gasteiger partial charge in [-0.3, -0.25) is 14.5 Å². The summed E-state index contributed by atoms with van der Waals surface area (Å²) in [4.78, 5) is 28.2. The van der Waals surface area contributed by atoms with Gasteiger partial charge in [-0.2, -0.15) is 0 Å². The lowest BCUT2D eigenvalue weighted by atomic mass is 9.81. The minimum Gasteiger partial charge on any atom is -0.497 e. The molecule has 2 heterocycles. The number of amides is 1. The van der Waals surface area contributed by atoms with Gasteiger partial charge in [-0.05, 0) is 36.4 Å². The summed E-state index contributed by atoms with van der Waals surface area (Å²) < 4.78 is 104. The van der Waals surface area contributed by atoms with Gasteiger partial charge >= 0.3 is 12.3 Å². The van der Waals surface area contributed by atoms with Crippen LogP contribution in [-0.4, -0.2) is 71.6 Å². The molecule has 0 radical (unpaired) electrons. The van der Waals surface area contributed by atoms with Gasteiger partial charge < -0.3 is 18.9 Å². The monoisotopic (exact) mass is 672 g/mol. The highest BCUT2D eigenvalue weighted by Gasteiger charge is 2.64. The number of halogens is 5. The zero-order valence-electron chi connectivity index (χ0n) is 23.8. The van der Waals surface area contributed by atoms with Crippen molar-refractivity contribution in [2.75, 3.05) is 32.2 Å². The van der Waals surface area contributed by atoms with Crippen molar-refractivity contribution < 1.29 is 54.5 Å². The van der Waals surface area contributed by atoms with Crippen LogP contribution < -0.4 is 18.5 Å². The topological polar surface area (TPSA) is 112 Å². The Hall–Kier alpha value is -4.08. The molecule has 0 aromatic heterocycles. The molecule has 5 rings (SSSR count). The Bertz CT molecular complexity index is 1770. The number of hydrogen-bond donors (Lipinski definition) is 0. The number of alkyl halides is 4. The van der Waals surface area contributed by atoms with Gasteiger partial charge in [0.2, 0.25) is 0 Å². The van der Waals surface area contributed by atoms with Crippen LogP contribution in [0.3, 0.4) is 0 Å². The van der Waals surface area contributed by atoms with Gasteiger partial charge in [-0.15, -0.1) is 13.2 Å². The molecule has 45 heavy (non-hydrogen) atoms. The molecule has 2 aliphatic heterocycles. The Morgan fingerprint density at radius 2 is 1.69 bits per heavy atom. The Labute approximate surface area is 260 Å². The van der Waals surface area contributed by atoms with Crippen LogP contribution in [0.25, 0.3) is 0 Å². The van der Waals surface area contributed by atoms with Gasteiger partial charge in [0.25, 0.3) is 15.9 Å². The maximum atomic E-state index is 15.2. The molecule has 0 aliphatic carbocycles. The predicted molar refractivity (Wildman–Crippen MR) is 152 cm³/mol. The van der Waals surface area contributed by atoms with E-state index in [1.807, 2.05) is 0 Å². The van der Waals surface area contributed by atoms with Crippen molar-refractivity contribution in [3.8, 4) is 17.2 Å². The standard InChI is InChI=1S/C29H25ClF4N2O8S/c1-41-18-9-11-25(24(14-18)44-29(32,33)34)45(39,40)36-21-10-8-16(30)12-20(21)28(27(36)38,19-6-4-5-7-23(19)42-2)35-15-17(31)13-22(35)26(37)43-3/h4-12,14,17,22H,13,15H2,1-3H3/t17-,22-,28?/m1/s1. The lowest BCUT2D eigenvalue weighted by Crippen LogP contribution is -2.58. The number of anilines is 1. The summed E-state index contributed by atoms with van der Waals surface area (Å²) in [6.45, 7) is -0.533. The van der Waals surface area contributed by atoms with E-state index in [2.05, 4.69) is 4.74 Å². The molecule has 16 heteroatoms. The minimum absolute atomic E-state index is 0.0169. The number of carbonyl (C=O) groups is 2. The first-order chi connectivity index (χ1) is 21.2. The number of para-hydroxylation sites is 1. The fourth-order valence-electron chi connectivity index (χ4n) is 5.87. The van der Waals surface area contributed by atoms with Crippen molar-refractivity contribution in [1.29, 1.82) is 0 Å². The molecule has 10 nitrogen and oxygen atoms in total. The van der Waals surface area contributed by atoms with Crippen molar-refractivity contribution in [2.24, 2.45) is 0 Å². The molecule has 1 amide bonds.